The molecule has 1 atom stereocenters. The molecule has 0 saturated heterocycles. The second-order valence-electron chi connectivity index (χ2n) is 2.89. The van der Waals surface area contributed by atoms with E-state index in [1.165, 1.54) is 0 Å². The molecule has 14 heavy (non-hydrogen) atoms. The van der Waals surface area contributed by atoms with Crippen molar-refractivity contribution < 1.29 is 9.72 Å². The third kappa shape index (κ3) is 2.63. The standard InChI is InChI=1S/C9H10N2O3/c10-8(9(12)11(13)14)6-7-4-2-1-3-5-7/h1-5,8H,6,10H2/t8-/m0/s1. The van der Waals surface area contributed by atoms with Crippen molar-refractivity contribution in [2.75, 3.05) is 0 Å². The van der Waals surface area contributed by atoms with Crippen molar-refractivity contribution >= 4 is 5.91 Å². The van der Waals surface area contributed by atoms with Crippen LogP contribution < -0.4 is 5.73 Å². The van der Waals surface area contributed by atoms with Crippen LogP contribution in [-0.2, 0) is 11.2 Å². The van der Waals surface area contributed by atoms with Crippen LogP contribution in [0.5, 0.6) is 0 Å². The van der Waals surface area contributed by atoms with Crippen LogP contribution in [-0.4, -0.2) is 16.9 Å². The molecule has 1 amide bonds. The molecule has 0 bridgehead atoms. The smallest absolute Gasteiger partial charge is 0.315 e. The second-order valence-corrected chi connectivity index (χ2v) is 2.89. The normalized spacial score (nSPS) is 12.1. The van der Waals surface area contributed by atoms with Gasteiger partial charge in [0, 0.05) is 6.42 Å². The summed E-state index contributed by atoms with van der Waals surface area (Å²) in [6.45, 7) is 0. The third-order valence-corrected chi connectivity index (χ3v) is 1.80. The average Bonchev–Trinajstić information content (AvgIpc) is 2.18. The molecule has 0 aliphatic rings. The Bertz CT molecular complexity index is 337. The molecule has 0 saturated carbocycles. The maximum absolute atomic E-state index is 10.8. The Morgan fingerprint density at radius 3 is 2.50 bits per heavy atom. The molecular formula is C9H10N2O3. The molecule has 1 aromatic carbocycles. The molecule has 0 fully saturated rings. The monoisotopic (exact) mass is 194 g/mol. The van der Waals surface area contributed by atoms with Gasteiger partial charge in [0.1, 0.15) is 11.0 Å². The molecular weight excluding hydrogens is 184 g/mol. The zero-order chi connectivity index (χ0) is 10.6. The number of amides is 1. The van der Waals surface area contributed by atoms with E-state index in [4.69, 9.17) is 5.73 Å². The highest BCUT2D eigenvalue weighted by Crippen LogP contribution is 2.02. The number of benzene rings is 1. The van der Waals surface area contributed by atoms with Gasteiger partial charge in [-0.25, -0.2) is 4.79 Å². The van der Waals surface area contributed by atoms with Gasteiger partial charge in [-0.1, -0.05) is 30.3 Å². The number of carbonyl (C=O) groups excluding carboxylic acids is 1. The van der Waals surface area contributed by atoms with E-state index >= 15 is 0 Å². The lowest BCUT2D eigenvalue weighted by Gasteiger charge is -2.03. The first-order valence-electron chi connectivity index (χ1n) is 4.09. The van der Waals surface area contributed by atoms with Gasteiger partial charge in [-0.05, 0) is 5.56 Å². The Hall–Kier alpha value is -1.75. The summed E-state index contributed by atoms with van der Waals surface area (Å²) in [4.78, 5) is 20.0. The highest BCUT2D eigenvalue weighted by atomic mass is 16.6. The molecule has 0 unspecified atom stereocenters. The topological polar surface area (TPSA) is 86.2 Å². The minimum absolute atomic E-state index is 0.195. The molecule has 0 spiro atoms. The lowest BCUT2D eigenvalue weighted by Crippen LogP contribution is -2.37. The Kier molecular flexibility index (Phi) is 3.30. The third-order valence-electron chi connectivity index (χ3n) is 1.80. The van der Waals surface area contributed by atoms with Gasteiger partial charge >= 0.3 is 5.91 Å². The summed E-state index contributed by atoms with van der Waals surface area (Å²) in [5, 5.41) is 10.1. The van der Waals surface area contributed by atoms with E-state index < -0.39 is 16.9 Å². The molecule has 0 aliphatic carbocycles. The van der Waals surface area contributed by atoms with Crippen molar-refractivity contribution in [3.63, 3.8) is 0 Å². The summed E-state index contributed by atoms with van der Waals surface area (Å²) in [5.74, 6) is -1.14. The molecule has 1 rings (SSSR count). The quantitative estimate of drug-likeness (QED) is 0.556. The number of nitro groups is 1. The summed E-state index contributed by atoms with van der Waals surface area (Å²) in [5.41, 5.74) is 6.17. The number of nitrogens with zero attached hydrogens (tertiary/aromatic N) is 1. The summed E-state index contributed by atoms with van der Waals surface area (Å²) in [6.07, 6.45) is 0.195. The summed E-state index contributed by atoms with van der Waals surface area (Å²) in [7, 11) is 0. The van der Waals surface area contributed by atoms with Gasteiger partial charge < -0.3 is 5.73 Å². The second kappa shape index (κ2) is 4.48. The van der Waals surface area contributed by atoms with E-state index in [1.54, 1.807) is 24.3 Å². The van der Waals surface area contributed by atoms with Gasteiger partial charge in [0.05, 0.1) is 0 Å². The zero-order valence-corrected chi connectivity index (χ0v) is 7.42. The van der Waals surface area contributed by atoms with Crippen LogP contribution in [0.3, 0.4) is 0 Å². The van der Waals surface area contributed by atoms with Crippen molar-refractivity contribution in [2.24, 2.45) is 5.73 Å². The molecule has 0 aliphatic heterocycles. The molecule has 2 N–H and O–H groups in total. The van der Waals surface area contributed by atoms with Crippen molar-refractivity contribution in [3.05, 3.63) is 46.0 Å². The van der Waals surface area contributed by atoms with Crippen molar-refractivity contribution in [2.45, 2.75) is 12.5 Å². The minimum Gasteiger partial charge on any atom is -0.315 e. The van der Waals surface area contributed by atoms with Crippen LogP contribution in [0.15, 0.2) is 30.3 Å². The van der Waals surface area contributed by atoms with Crippen molar-refractivity contribution in [1.82, 2.24) is 0 Å². The van der Waals surface area contributed by atoms with Gasteiger partial charge in [-0.15, -0.1) is 0 Å². The zero-order valence-electron chi connectivity index (χ0n) is 7.42. The number of carbonyl (C=O) groups is 1. The first-order valence-corrected chi connectivity index (χ1v) is 4.09. The predicted octanol–water partition coefficient (Wildman–Crippen LogP) is 0.360. The van der Waals surface area contributed by atoms with Gasteiger partial charge in [0.25, 0.3) is 0 Å². The Balaban J connectivity index is 2.62. The SMILES string of the molecule is N[C@@H](Cc1ccccc1)C(=O)[N+](=O)[O-]. The van der Waals surface area contributed by atoms with Crippen LogP contribution in [0.1, 0.15) is 5.56 Å². The molecule has 5 nitrogen and oxygen atoms in total. The first kappa shape index (κ1) is 10.3. The first-order chi connectivity index (χ1) is 6.61. The molecule has 0 radical (unpaired) electrons. The largest absolute Gasteiger partial charge is 0.461 e. The van der Waals surface area contributed by atoms with Crippen molar-refractivity contribution in [1.29, 1.82) is 0 Å². The fraction of sp³-hybridized carbons (Fsp3) is 0.222. The Morgan fingerprint density at radius 1 is 1.43 bits per heavy atom. The van der Waals surface area contributed by atoms with Crippen LogP contribution in [0.25, 0.3) is 0 Å². The molecule has 0 heterocycles. The van der Waals surface area contributed by atoms with E-state index in [-0.39, 0.29) is 6.42 Å². The van der Waals surface area contributed by atoms with E-state index in [2.05, 4.69) is 0 Å². The van der Waals surface area contributed by atoms with Crippen molar-refractivity contribution in [3.8, 4) is 0 Å². The van der Waals surface area contributed by atoms with Gasteiger partial charge in [0.2, 0.25) is 0 Å². The molecule has 1 aromatic rings. The van der Waals surface area contributed by atoms with Crippen LogP contribution >= 0.6 is 0 Å². The summed E-state index contributed by atoms with van der Waals surface area (Å²) >= 11 is 0. The highest BCUT2D eigenvalue weighted by Gasteiger charge is 2.24. The summed E-state index contributed by atoms with van der Waals surface area (Å²) in [6, 6.07) is 7.88. The van der Waals surface area contributed by atoms with E-state index in [1.807, 2.05) is 6.07 Å². The molecule has 74 valence electrons. The maximum Gasteiger partial charge on any atom is 0.461 e. The highest BCUT2D eigenvalue weighted by molar-refractivity contribution is 5.73. The predicted molar refractivity (Wildman–Crippen MR) is 50.1 cm³/mol. The Labute approximate surface area is 80.7 Å². The molecule has 5 heteroatoms. The lowest BCUT2D eigenvalue weighted by atomic mass is 10.1. The van der Waals surface area contributed by atoms with Crippen LogP contribution in [0, 0.1) is 10.1 Å². The van der Waals surface area contributed by atoms with E-state index in [9.17, 15) is 14.9 Å². The van der Waals surface area contributed by atoms with Gasteiger partial charge in [-0.2, -0.15) is 0 Å². The number of hydrogen-bond donors (Lipinski definition) is 1. The average molecular weight is 194 g/mol. The fourth-order valence-electron chi connectivity index (χ4n) is 1.09. The van der Waals surface area contributed by atoms with Gasteiger partial charge in [0.15, 0.2) is 0 Å². The fourth-order valence-corrected chi connectivity index (χ4v) is 1.09. The van der Waals surface area contributed by atoms with Gasteiger partial charge in [-0.3, -0.25) is 10.1 Å². The van der Waals surface area contributed by atoms with E-state index in [0.717, 1.165) is 5.56 Å². The van der Waals surface area contributed by atoms with Crippen LogP contribution in [0.2, 0.25) is 0 Å². The molecule has 0 aromatic heterocycles. The maximum atomic E-state index is 10.8. The number of hydrogen-bond acceptors (Lipinski definition) is 4. The van der Waals surface area contributed by atoms with Crippen LogP contribution in [0.4, 0.5) is 0 Å². The number of nitrogens with two attached hydrogens (primary N) is 1. The minimum atomic E-state index is -1.14. The number of rotatable bonds is 3. The Morgan fingerprint density at radius 2 is 2.00 bits per heavy atom. The lowest BCUT2D eigenvalue weighted by molar-refractivity contribution is -0.403. The van der Waals surface area contributed by atoms with E-state index in [0.29, 0.717) is 0 Å². The summed E-state index contributed by atoms with van der Waals surface area (Å²) < 4.78 is 0.